The first-order chi connectivity index (χ1) is 10.8. The number of carboxylic acid groups (broad SMARTS) is 1. The average Bonchev–Trinajstić information content (AvgIpc) is 3.02. The predicted octanol–water partition coefficient (Wildman–Crippen LogP) is 2.70. The molecule has 0 aliphatic rings. The summed E-state index contributed by atoms with van der Waals surface area (Å²) in [5.41, 5.74) is 1.51. The van der Waals surface area contributed by atoms with E-state index in [2.05, 4.69) is 10.6 Å². The second-order valence-electron chi connectivity index (χ2n) is 5.65. The van der Waals surface area contributed by atoms with Crippen LogP contribution in [0.25, 0.3) is 0 Å². The Morgan fingerprint density at radius 2 is 2.00 bits per heavy atom. The molecular weight excluding hydrogens is 296 g/mol. The van der Waals surface area contributed by atoms with Crippen LogP contribution in [0, 0.1) is 13.8 Å². The lowest BCUT2D eigenvalue weighted by atomic mass is 9.99. The SMILES string of the molecule is Cc1ccc(C)c(CNC(=O)N[C@](C)(C(=O)O)c2ccco2)c1. The van der Waals surface area contributed by atoms with Crippen LogP contribution in [0.2, 0.25) is 0 Å². The third-order valence-corrected chi connectivity index (χ3v) is 3.75. The van der Waals surface area contributed by atoms with E-state index >= 15 is 0 Å². The second kappa shape index (κ2) is 6.56. The molecule has 0 aliphatic heterocycles. The highest BCUT2D eigenvalue weighted by atomic mass is 16.4. The Labute approximate surface area is 134 Å². The maximum atomic E-state index is 12.1. The molecule has 1 atom stereocenters. The van der Waals surface area contributed by atoms with Gasteiger partial charge in [0.2, 0.25) is 0 Å². The summed E-state index contributed by atoms with van der Waals surface area (Å²) in [5, 5.41) is 14.6. The second-order valence-corrected chi connectivity index (χ2v) is 5.65. The Kier molecular flexibility index (Phi) is 4.74. The number of carboxylic acids is 1. The molecule has 0 fully saturated rings. The van der Waals surface area contributed by atoms with Crippen LogP contribution in [0.5, 0.6) is 0 Å². The molecular formula is C17H20N2O4. The average molecular weight is 316 g/mol. The Morgan fingerprint density at radius 3 is 2.61 bits per heavy atom. The molecule has 0 spiro atoms. The van der Waals surface area contributed by atoms with Crippen LogP contribution in [0.3, 0.4) is 0 Å². The van der Waals surface area contributed by atoms with E-state index in [4.69, 9.17) is 4.42 Å². The van der Waals surface area contributed by atoms with Crippen molar-refractivity contribution in [3.63, 3.8) is 0 Å². The van der Waals surface area contributed by atoms with Crippen molar-refractivity contribution in [3.05, 3.63) is 59.0 Å². The van der Waals surface area contributed by atoms with Gasteiger partial charge in [-0.1, -0.05) is 23.8 Å². The molecule has 3 N–H and O–H groups in total. The molecule has 0 radical (unpaired) electrons. The normalized spacial score (nSPS) is 13.2. The number of aryl methyl sites for hydroxylation is 2. The quantitative estimate of drug-likeness (QED) is 0.791. The Hall–Kier alpha value is -2.76. The first kappa shape index (κ1) is 16.6. The lowest BCUT2D eigenvalue weighted by molar-refractivity contribution is -0.144. The monoisotopic (exact) mass is 316 g/mol. The first-order valence-electron chi connectivity index (χ1n) is 7.22. The fourth-order valence-corrected chi connectivity index (χ4v) is 2.22. The van der Waals surface area contributed by atoms with Gasteiger partial charge in [-0.25, -0.2) is 9.59 Å². The zero-order chi connectivity index (χ0) is 17.0. The summed E-state index contributed by atoms with van der Waals surface area (Å²) in [6.45, 7) is 5.62. The predicted molar refractivity (Wildman–Crippen MR) is 85.0 cm³/mol. The van der Waals surface area contributed by atoms with Gasteiger partial charge in [-0.3, -0.25) is 0 Å². The largest absolute Gasteiger partial charge is 0.479 e. The number of amides is 2. The van der Waals surface area contributed by atoms with Gasteiger partial charge >= 0.3 is 12.0 Å². The number of carbonyl (C=O) groups excluding carboxylic acids is 1. The van der Waals surface area contributed by atoms with Crippen LogP contribution >= 0.6 is 0 Å². The Bertz CT molecular complexity index is 709. The number of furan rings is 1. The molecule has 6 heteroatoms. The third-order valence-electron chi connectivity index (χ3n) is 3.75. The molecule has 1 aromatic heterocycles. The third kappa shape index (κ3) is 3.71. The Balaban J connectivity index is 2.06. The molecule has 6 nitrogen and oxygen atoms in total. The van der Waals surface area contributed by atoms with Crippen molar-refractivity contribution >= 4 is 12.0 Å². The maximum Gasteiger partial charge on any atom is 0.337 e. The van der Waals surface area contributed by atoms with E-state index in [1.165, 1.54) is 19.3 Å². The minimum atomic E-state index is -1.63. The molecule has 2 amide bonds. The van der Waals surface area contributed by atoms with Crippen molar-refractivity contribution in [2.45, 2.75) is 32.9 Å². The minimum absolute atomic E-state index is 0.159. The lowest BCUT2D eigenvalue weighted by Crippen LogP contribution is -2.52. The standard InChI is InChI=1S/C17H20N2O4/c1-11-6-7-12(2)13(9-11)10-18-16(22)19-17(3,15(20)21)14-5-4-8-23-14/h4-9H,10H2,1-3H3,(H,20,21)(H2,18,19,22)/t17-/m0/s1. The van der Waals surface area contributed by atoms with Gasteiger partial charge in [0.25, 0.3) is 0 Å². The van der Waals surface area contributed by atoms with Crippen LogP contribution in [-0.4, -0.2) is 17.1 Å². The van der Waals surface area contributed by atoms with Gasteiger partial charge < -0.3 is 20.2 Å². The summed E-state index contributed by atoms with van der Waals surface area (Å²) in [5.74, 6) is -1.04. The highest BCUT2D eigenvalue weighted by Gasteiger charge is 2.39. The summed E-state index contributed by atoms with van der Waals surface area (Å²) in [4.78, 5) is 23.6. The van der Waals surface area contributed by atoms with E-state index in [0.29, 0.717) is 6.54 Å². The summed E-state index contributed by atoms with van der Waals surface area (Å²) >= 11 is 0. The van der Waals surface area contributed by atoms with Gasteiger partial charge in [-0.2, -0.15) is 0 Å². The van der Waals surface area contributed by atoms with Crippen molar-refractivity contribution < 1.29 is 19.1 Å². The molecule has 0 saturated carbocycles. The highest BCUT2D eigenvalue weighted by Crippen LogP contribution is 2.21. The first-order valence-corrected chi connectivity index (χ1v) is 7.22. The number of aliphatic carboxylic acids is 1. The van der Waals surface area contributed by atoms with Crippen molar-refractivity contribution in [2.75, 3.05) is 0 Å². The van der Waals surface area contributed by atoms with E-state index in [0.717, 1.165) is 16.7 Å². The zero-order valence-corrected chi connectivity index (χ0v) is 13.3. The van der Waals surface area contributed by atoms with Crippen molar-refractivity contribution in [3.8, 4) is 0 Å². The van der Waals surface area contributed by atoms with Gasteiger partial charge in [-0.05, 0) is 44.0 Å². The number of hydrogen-bond acceptors (Lipinski definition) is 3. The Morgan fingerprint density at radius 1 is 1.26 bits per heavy atom. The summed E-state index contributed by atoms with van der Waals surface area (Å²) in [7, 11) is 0. The minimum Gasteiger partial charge on any atom is -0.479 e. The van der Waals surface area contributed by atoms with Crippen LogP contribution in [0.1, 0.15) is 29.4 Å². The van der Waals surface area contributed by atoms with Gasteiger partial charge in [-0.15, -0.1) is 0 Å². The molecule has 122 valence electrons. The van der Waals surface area contributed by atoms with Crippen molar-refractivity contribution in [1.29, 1.82) is 0 Å². The highest BCUT2D eigenvalue weighted by molar-refractivity contribution is 5.86. The van der Waals surface area contributed by atoms with E-state index in [9.17, 15) is 14.7 Å². The van der Waals surface area contributed by atoms with Gasteiger partial charge in [0.05, 0.1) is 6.26 Å². The van der Waals surface area contributed by atoms with Gasteiger partial charge in [0.15, 0.2) is 5.54 Å². The molecule has 2 aromatic rings. The van der Waals surface area contributed by atoms with E-state index in [-0.39, 0.29) is 5.76 Å². The number of benzene rings is 1. The zero-order valence-electron chi connectivity index (χ0n) is 13.3. The van der Waals surface area contributed by atoms with Crippen LogP contribution in [0.15, 0.2) is 41.0 Å². The van der Waals surface area contributed by atoms with E-state index < -0.39 is 17.5 Å². The molecule has 0 saturated heterocycles. The molecule has 1 aromatic carbocycles. The molecule has 0 aliphatic carbocycles. The lowest BCUT2D eigenvalue weighted by Gasteiger charge is -2.24. The smallest absolute Gasteiger partial charge is 0.337 e. The topological polar surface area (TPSA) is 91.6 Å². The molecule has 2 rings (SSSR count). The van der Waals surface area contributed by atoms with Crippen molar-refractivity contribution in [1.82, 2.24) is 10.6 Å². The maximum absolute atomic E-state index is 12.1. The summed E-state index contributed by atoms with van der Waals surface area (Å²) in [6, 6.07) is 8.47. The fraction of sp³-hybridized carbons (Fsp3) is 0.294. The number of rotatable bonds is 5. The number of hydrogen-bond donors (Lipinski definition) is 3. The van der Waals surface area contributed by atoms with Crippen LogP contribution < -0.4 is 10.6 Å². The van der Waals surface area contributed by atoms with Gasteiger partial charge in [0, 0.05) is 6.54 Å². The number of urea groups is 1. The number of carbonyl (C=O) groups is 2. The molecule has 1 heterocycles. The van der Waals surface area contributed by atoms with Crippen molar-refractivity contribution in [2.24, 2.45) is 0 Å². The van der Waals surface area contributed by atoms with E-state index in [1.54, 1.807) is 6.07 Å². The van der Waals surface area contributed by atoms with Crippen LogP contribution in [0.4, 0.5) is 4.79 Å². The molecule has 23 heavy (non-hydrogen) atoms. The fourth-order valence-electron chi connectivity index (χ4n) is 2.22. The van der Waals surface area contributed by atoms with Crippen LogP contribution in [-0.2, 0) is 16.9 Å². The molecule has 0 unspecified atom stereocenters. The van der Waals surface area contributed by atoms with Gasteiger partial charge in [0.1, 0.15) is 5.76 Å². The summed E-state index contributed by atoms with van der Waals surface area (Å²) < 4.78 is 5.14. The molecule has 0 bridgehead atoms. The number of nitrogens with one attached hydrogen (secondary N) is 2. The summed E-state index contributed by atoms with van der Waals surface area (Å²) in [6.07, 6.45) is 1.37. The van der Waals surface area contributed by atoms with E-state index in [1.807, 2.05) is 32.0 Å².